The number of carbonyl (C=O) groups excluding carboxylic acids is 1. The maximum Gasteiger partial charge on any atom is 0.240 e. The molecule has 1 saturated carbocycles. The molecule has 1 aliphatic carbocycles. The Morgan fingerprint density at radius 1 is 1.53 bits per heavy atom. The predicted octanol–water partition coefficient (Wildman–Crippen LogP) is 1.16. The molecule has 1 aromatic rings. The zero-order valence-corrected chi connectivity index (χ0v) is 9.48. The van der Waals surface area contributed by atoms with Gasteiger partial charge in [0.2, 0.25) is 12.3 Å². The van der Waals surface area contributed by atoms with Gasteiger partial charge in [-0.2, -0.15) is 10.2 Å². The Labute approximate surface area is 99.0 Å². The van der Waals surface area contributed by atoms with Gasteiger partial charge in [0.15, 0.2) is 5.82 Å². The minimum absolute atomic E-state index is 0.207. The van der Waals surface area contributed by atoms with E-state index in [0.717, 1.165) is 19.3 Å². The topological polar surface area (TPSA) is 91.8 Å². The van der Waals surface area contributed by atoms with Crippen LogP contribution in [0.5, 0.6) is 0 Å². The standard InChI is InChI=1S/C11H14N4O2/c12-7-11(4-2-1-3-5-11)10(16)13-6-9-14-8-17-15-9/h8H,1-6H2,(H,13,16). The van der Waals surface area contributed by atoms with Crippen LogP contribution in [0.3, 0.4) is 0 Å². The first-order chi connectivity index (χ1) is 8.27. The minimum atomic E-state index is -0.859. The number of nitriles is 1. The molecule has 6 heteroatoms. The summed E-state index contributed by atoms with van der Waals surface area (Å²) in [5, 5.41) is 15.5. The molecule has 1 aliphatic rings. The van der Waals surface area contributed by atoms with Crippen molar-refractivity contribution < 1.29 is 9.32 Å². The van der Waals surface area contributed by atoms with Crippen molar-refractivity contribution in [2.24, 2.45) is 5.41 Å². The van der Waals surface area contributed by atoms with Crippen LogP contribution in [0.4, 0.5) is 0 Å². The highest BCUT2D eigenvalue weighted by Gasteiger charge is 2.39. The number of nitrogens with one attached hydrogen (secondary N) is 1. The summed E-state index contributed by atoms with van der Waals surface area (Å²) in [7, 11) is 0. The summed E-state index contributed by atoms with van der Waals surface area (Å²) in [4.78, 5) is 15.8. The highest BCUT2D eigenvalue weighted by Crippen LogP contribution is 2.35. The third kappa shape index (κ3) is 2.44. The fraction of sp³-hybridized carbons (Fsp3) is 0.636. The fourth-order valence-corrected chi connectivity index (χ4v) is 2.14. The van der Waals surface area contributed by atoms with Crippen LogP contribution in [0.25, 0.3) is 0 Å². The lowest BCUT2D eigenvalue weighted by Crippen LogP contribution is -2.41. The van der Waals surface area contributed by atoms with Gasteiger partial charge in [0.1, 0.15) is 5.41 Å². The molecule has 90 valence electrons. The summed E-state index contributed by atoms with van der Waals surface area (Å²) in [6, 6.07) is 2.17. The quantitative estimate of drug-likeness (QED) is 0.847. The average Bonchev–Trinajstić information content (AvgIpc) is 2.90. The van der Waals surface area contributed by atoms with Crippen molar-refractivity contribution in [2.75, 3.05) is 0 Å². The number of carbonyl (C=O) groups is 1. The van der Waals surface area contributed by atoms with E-state index in [-0.39, 0.29) is 12.5 Å². The lowest BCUT2D eigenvalue weighted by atomic mass is 9.74. The lowest BCUT2D eigenvalue weighted by molar-refractivity contribution is -0.129. The minimum Gasteiger partial charge on any atom is -0.347 e. The number of aromatic nitrogens is 2. The molecule has 0 aliphatic heterocycles. The number of hydrogen-bond acceptors (Lipinski definition) is 5. The van der Waals surface area contributed by atoms with E-state index in [1.807, 2.05) is 0 Å². The molecule has 1 aromatic heterocycles. The Hall–Kier alpha value is -1.90. The number of nitrogens with zero attached hydrogens (tertiary/aromatic N) is 3. The van der Waals surface area contributed by atoms with Crippen LogP contribution in [0.15, 0.2) is 10.9 Å². The van der Waals surface area contributed by atoms with Gasteiger partial charge < -0.3 is 9.84 Å². The summed E-state index contributed by atoms with van der Waals surface area (Å²) in [6.07, 6.45) is 5.46. The van der Waals surface area contributed by atoms with Gasteiger partial charge in [-0.15, -0.1) is 0 Å². The van der Waals surface area contributed by atoms with Crippen molar-refractivity contribution in [3.63, 3.8) is 0 Å². The zero-order chi connectivity index (χ0) is 12.1. The summed E-state index contributed by atoms with van der Waals surface area (Å²) in [6.45, 7) is 0.207. The first kappa shape index (κ1) is 11.6. The van der Waals surface area contributed by atoms with Crippen LogP contribution in [-0.2, 0) is 11.3 Å². The Balaban J connectivity index is 1.96. The second-order valence-corrected chi connectivity index (χ2v) is 4.28. The maximum absolute atomic E-state index is 12.0. The number of amides is 1. The molecule has 0 spiro atoms. The van der Waals surface area contributed by atoms with Crippen LogP contribution in [0, 0.1) is 16.7 Å². The van der Waals surface area contributed by atoms with Crippen molar-refractivity contribution in [3.8, 4) is 6.07 Å². The van der Waals surface area contributed by atoms with Crippen molar-refractivity contribution in [1.82, 2.24) is 15.5 Å². The van der Waals surface area contributed by atoms with Crippen LogP contribution in [0.1, 0.15) is 37.9 Å². The van der Waals surface area contributed by atoms with E-state index in [1.165, 1.54) is 6.39 Å². The molecule has 0 atom stereocenters. The van der Waals surface area contributed by atoms with Crippen LogP contribution < -0.4 is 5.32 Å². The molecule has 1 N–H and O–H groups in total. The molecule has 6 nitrogen and oxygen atoms in total. The summed E-state index contributed by atoms with van der Waals surface area (Å²) in [5.41, 5.74) is -0.859. The molecular formula is C11H14N4O2. The third-order valence-electron chi connectivity index (χ3n) is 3.17. The van der Waals surface area contributed by atoms with E-state index in [1.54, 1.807) is 0 Å². The normalized spacial score (nSPS) is 18.3. The van der Waals surface area contributed by atoms with Gasteiger partial charge in [0, 0.05) is 0 Å². The van der Waals surface area contributed by atoms with Crippen LogP contribution in [0.2, 0.25) is 0 Å². The second-order valence-electron chi connectivity index (χ2n) is 4.28. The molecule has 0 saturated heterocycles. The second kappa shape index (κ2) is 4.95. The van der Waals surface area contributed by atoms with Gasteiger partial charge in [0.25, 0.3) is 0 Å². The number of hydrogen-bond donors (Lipinski definition) is 1. The molecule has 1 amide bonds. The monoisotopic (exact) mass is 234 g/mol. The molecule has 1 heterocycles. The highest BCUT2D eigenvalue weighted by atomic mass is 16.5. The van der Waals surface area contributed by atoms with Crippen molar-refractivity contribution in [3.05, 3.63) is 12.2 Å². The lowest BCUT2D eigenvalue weighted by Gasteiger charge is -2.28. The predicted molar refractivity (Wildman–Crippen MR) is 57.3 cm³/mol. The number of rotatable bonds is 3. The average molecular weight is 234 g/mol. The Morgan fingerprint density at radius 2 is 2.29 bits per heavy atom. The van der Waals surface area contributed by atoms with Gasteiger partial charge in [-0.3, -0.25) is 4.79 Å². The summed E-state index contributed by atoms with van der Waals surface area (Å²) in [5.74, 6) is 0.201. The van der Waals surface area contributed by atoms with Gasteiger partial charge in [-0.25, -0.2) is 0 Å². The molecule has 0 bridgehead atoms. The smallest absolute Gasteiger partial charge is 0.240 e. The summed E-state index contributed by atoms with van der Waals surface area (Å²) < 4.78 is 4.57. The molecule has 17 heavy (non-hydrogen) atoms. The Bertz CT molecular complexity index is 415. The SMILES string of the molecule is N#CC1(C(=O)NCc2ncon2)CCCCC1. The van der Waals surface area contributed by atoms with Crippen LogP contribution in [-0.4, -0.2) is 16.0 Å². The van der Waals surface area contributed by atoms with Crippen molar-refractivity contribution in [2.45, 2.75) is 38.6 Å². The maximum atomic E-state index is 12.0. The van der Waals surface area contributed by atoms with Gasteiger partial charge in [-0.05, 0) is 12.8 Å². The molecule has 0 radical (unpaired) electrons. The Kier molecular flexibility index (Phi) is 3.38. The largest absolute Gasteiger partial charge is 0.347 e. The van der Waals surface area contributed by atoms with Crippen LogP contribution >= 0.6 is 0 Å². The first-order valence-corrected chi connectivity index (χ1v) is 5.72. The zero-order valence-electron chi connectivity index (χ0n) is 9.48. The molecule has 0 unspecified atom stereocenters. The van der Waals surface area contributed by atoms with E-state index in [9.17, 15) is 10.1 Å². The highest BCUT2D eigenvalue weighted by molar-refractivity contribution is 5.85. The molecular weight excluding hydrogens is 220 g/mol. The van der Waals surface area contributed by atoms with Gasteiger partial charge in [0.05, 0.1) is 12.6 Å². The van der Waals surface area contributed by atoms with E-state index in [2.05, 4.69) is 26.0 Å². The van der Waals surface area contributed by atoms with Crippen molar-refractivity contribution in [1.29, 1.82) is 5.26 Å². The van der Waals surface area contributed by atoms with E-state index >= 15 is 0 Å². The fourth-order valence-electron chi connectivity index (χ4n) is 2.14. The Morgan fingerprint density at radius 3 is 2.88 bits per heavy atom. The van der Waals surface area contributed by atoms with E-state index < -0.39 is 5.41 Å². The van der Waals surface area contributed by atoms with Gasteiger partial charge >= 0.3 is 0 Å². The third-order valence-corrected chi connectivity index (χ3v) is 3.17. The van der Waals surface area contributed by atoms with E-state index in [4.69, 9.17) is 0 Å². The molecule has 1 fully saturated rings. The molecule has 0 aromatic carbocycles. The first-order valence-electron chi connectivity index (χ1n) is 5.72. The molecule has 2 rings (SSSR count). The van der Waals surface area contributed by atoms with Crippen molar-refractivity contribution >= 4 is 5.91 Å². The summed E-state index contributed by atoms with van der Waals surface area (Å²) >= 11 is 0. The van der Waals surface area contributed by atoms with Gasteiger partial charge in [-0.1, -0.05) is 24.4 Å². The van der Waals surface area contributed by atoms with E-state index in [0.29, 0.717) is 18.7 Å².